The van der Waals surface area contributed by atoms with Gasteiger partial charge in [-0.25, -0.2) is 9.80 Å². The van der Waals surface area contributed by atoms with Crippen molar-refractivity contribution in [2.75, 3.05) is 13.1 Å². The number of benzene rings is 1. The van der Waals surface area contributed by atoms with Crippen molar-refractivity contribution < 1.29 is 23.1 Å². The Morgan fingerprint density at radius 2 is 1.91 bits per heavy atom. The largest absolute Gasteiger partial charge is 0.420 e. The van der Waals surface area contributed by atoms with E-state index in [0.29, 0.717) is 11.4 Å². The van der Waals surface area contributed by atoms with Crippen LogP contribution in [0.15, 0.2) is 29.4 Å². The molecule has 0 spiro atoms. The molecule has 2 aliphatic rings. The molecular formula is C14H13ClF3N3O2. The number of alkyl halides is 3. The number of hydrogen-bond donors (Lipinski definition) is 1. The molecule has 1 fully saturated rings. The third-order valence-corrected chi connectivity index (χ3v) is 4.24. The minimum atomic E-state index is -4.76. The van der Waals surface area contributed by atoms with Crippen molar-refractivity contribution in [3.8, 4) is 0 Å². The first-order chi connectivity index (χ1) is 10.7. The van der Waals surface area contributed by atoms with Crippen LogP contribution in [0.1, 0.15) is 18.0 Å². The third-order valence-electron chi connectivity index (χ3n) is 3.98. The Kier molecular flexibility index (Phi) is 3.76. The van der Waals surface area contributed by atoms with Crippen LogP contribution >= 0.6 is 11.6 Å². The number of urea groups is 1. The second kappa shape index (κ2) is 5.38. The van der Waals surface area contributed by atoms with E-state index >= 15 is 0 Å². The van der Waals surface area contributed by atoms with Gasteiger partial charge in [0.2, 0.25) is 0 Å². The molecule has 1 aromatic carbocycles. The molecule has 0 radical (unpaired) electrons. The van der Waals surface area contributed by atoms with Crippen molar-refractivity contribution >= 4 is 23.8 Å². The predicted molar refractivity (Wildman–Crippen MR) is 77.1 cm³/mol. The quantitative estimate of drug-likeness (QED) is 0.849. The molecule has 9 heteroatoms. The van der Waals surface area contributed by atoms with Crippen LogP contribution < -0.4 is 0 Å². The van der Waals surface area contributed by atoms with Crippen LogP contribution in [-0.2, 0) is 0 Å². The van der Waals surface area contributed by atoms with Crippen LogP contribution in [0.4, 0.5) is 18.0 Å². The number of nitrogens with zero attached hydrogens (tertiary/aromatic N) is 3. The van der Waals surface area contributed by atoms with E-state index in [9.17, 15) is 23.1 Å². The Labute approximate surface area is 134 Å². The van der Waals surface area contributed by atoms with Gasteiger partial charge in [0.25, 0.3) is 0 Å². The van der Waals surface area contributed by atoms with Gasteiger partial charge in [0.05, 0.1) is 19.1 Å². The third kappa shape index (κ3) is 2.76. The number of amides is 2. The molecule has 1 N–H and O–H groups in total. The fourth-order valence-electron chi connectivity index (χ4n) is 2.60. The number of likely N-dealkylation sites (tertiary alicyclic amines) is 1. The Balaban J connectivity index is 1.70. The lowest BCUT2D eigenvalue weighted by atomic mass is 9.94. The molecule has 0 saturated carbocycles. The molecule has 1 aromatic rings. The number of halogens is 4. The first-order valence-electron chi connectivity index (χ1n) is 6.86. The maximum atomic E-state index is 12.6. The minimum absolute atomic E-state index is 0.389. The summed E-state index contributed by atoms with van der Waals surface area (Å²) in [6.45, 7) is -1.57. The molecule has 5 nitrogen and oxygen atoms in total. The van der Waals surface area contributed by atoms with Crippen molar-refractivity contribution in [2.24, 2.45) is 5.10 Å². The highest BCUT2D eigenvalue weighted by Crippen LogP contribution is 2.39. The zero-order chi connectivity index (χ0) is 16.8. The standard InChI is InChI=1S/C14H13ClF3N3O2/c15-10-3-1-9(2-4-10)11-5-6-19-21(11)12(22)20-7-13(23,8-20)14(16,17)18/h1-4,6,11,23H,5,7-8H2/t11-/m0/s1. The Hall–Kier alpha value is -1.80. The summed E-state index contributed by atoms with van der Waals surface area (Å²) in [5.41, 5.74) is -2.05. The normalized spacial score (nSPS) is 23.1. The number of β-amino-alcohol motifs (C(OH)–C–C–N with tert-alkyl or cyclic N) is 1. The Morgan fingerprint density at radius 1 is 1.30 bits per heavy atom. The van der Waals surface area contributed by atoms with Crippen LogP contribution in [-0.4, -0.2) is 52.1 Å². The van der Waals surface area contributed by atoms with E-state index in [1.54, 1.807) is 24.3 Å². The molecule has 1 atom stereocenters. The predicted octanol–water partition coefficient (Wildman–Crippen LogP) is 2.80. The van der Waals surface area contributed by atoms with E-state index < -0.39 is 30.9 Å². The van der Waals surface area contributed by atoms with E-state index in [0.717, 1.165) is 15.5 Å². The van der Waals surface area contributed by atoms with Crippen LogP contribution in [0.2, 0.25) is 5.02 Å². The Bertz CT molecular complexity index is 642. The highest BCUT2D eigenvalue weighted by Gasteiger charge is 2.62. The molecule has 2 heterocycles. The molecule has 124 valence electrons. The number of hydrogen-bond acceptors (Lipinski definition) is 3. The van der Waals surface area contributed by atoms with Gasteiger partial charge < -0.3 is 10.0 Å². The summed E-state index contributed by atoms with van der Waals surface area (Å²) in [6, 6.07) is 5.77. The number of hydrazone groups is 1. The molecule has 2 aliphatic heterocycles. The van der Waals surface area contributed by atoms with Gasteiger partial charge in [-0.05, 0) is 17.7 Å². The zero-order valence-electron chi connectivity index (χ0n) is 11.8. The highest BCUT2D eigenvalue weighted by molar-refractivity contribution is 6.30. The summed E-state index contributed by atoms with van der Waals surface area (Å²) >= 11 is 5.82. The highest BCUT2D eigenvalue weighted by atomic mass is 35.5. The van der Waals surface area contributed by atoms with E-state index in [2.05, 4.69) is 5.10 Å². The van der Waals surface area contributed by atoms with Crippen LogP contribution in [0.25, 0.3) is 0 Å². The molecule has 1 saturated heterocycles. The second-order valence-corrected chi connectivity index (χ2v) is 6.05. The topological polar surface area (TPSA) is 56.1 Å². The first kappa shape index (κ1) is 16.1. The van der Waals surface area contributed by atoms with E-state index in [1.807, 2.05) is 0 Å². The van der Waals surface area contributed by atoms with Crippen molar-refractivity contribution in [2.45, 2.75) is 24.2 Å². The fourth-order valence-corrected chi connectivity index (χ4v) is 2.73. The molecular weight excluding hydrogens is 335 g/mol. The lowest BCUT2D eigenvalue weighted by Gasteiger charge is -2.47. The summed E-state index contributed by atoms with van der Waals surface area (Å²) in [6.07, 6.45) is -2.76. The van der Waals surface area contributed by atoms with Gasteiger partial charge in [0.1, 0.15) is 0 Å². The van der Waals surface area contributed by atoms with Gasteiger partial charge >= 0.3 is 12.2 Å². The summed E-state index contributed by atoms with van der Waals surface area (Å²) in [7, 11) is 0. The van der Waals surface area contributed by atoms with E-state index in [1.165, 1.54) is 6.21 Å². The van der Waals surface area contributed by atoms with Crippen molar-refractivity contribution in [1.82, 2.24) is 9.91 Å². The monoisotopic (exact) mass is 347 g/mol. The van der Waals surface area contributed by atoms with Gasteiger partial charge in [-0.15, -0.1) is 0 Å². The fraction of sp³-hybridized carbons (Fsp3) is 0.429. The summed E-state index contributed by atoms with van der Waals surface area (Å²) in [5.74, 6) is 0. The van der Waals surface area contributed by atoms with Gasteiger partial charge in [0, 0.05) is 17.7 Å². The average Bonchev–Trinajstić information content (AvgIpc) is 2.92. The van der Waals surface area contributed by atoms with Gasteiger partial charge in [0.15, 0.2) is 5.60 Å². The summed E-state index contributed by atoms with van der Waals surface area (Å²) in [4.78, 5) is 13.3. The molecule has 0 bridgehead atoms. The van der Waals surface area contributed by atoms with Crippen LogP contribution in [0.3, 0.4) is 0 Å². The van der Waals surface area contributed by atoms with Crippen molar-refractivity contribution in [3.05, 3.63) is 34.9 Å². The molecule has 3 rings (SSSR count). The van der Waals surface area contributed by atoms with E-state index in [4.69, 9.17) is 11.6 Å². The molecule has 0 unspecified atom stereocenters. The van der Waals surface area contributed by atoms with Crippen LogP contribution in [0.5, 0.6) is 0 Å². The van der Waals surface area contributed by atoms with Gasteiger partial charge in [-0.1, -0.05) is 23.7 Å². The van der Waals surface area contributed by atoms with Gasteiger partial charge in [-0.2, -0.15) is 18.3 Å². The maximum Gasteiger partial charge on any atom is 0.420 e. The second-order valence-electron chi connectivity index (χ2n) is 5.61. The minimum Gasteiger partial charge on any atom is -0.378 e. The zero-order valence-corrected chi connectivity index (χ0v) is 12.6. The first-order valence-corrected chi connectivity index (χ1v) is 7.24. The lowest BCUT2D eigenvalue weighted by Crippen LogP contribution is -2.71. The number of carbonyl (C=O) groups is 1. The number of aliphatic hydroxyl groups is 1. The summed E-state index contributed by atoms with van der Waals surface area (Å²) < 4.78 is 37.9. The lowest BCUT2D eigenvalue weighted by molar-refractivity contribution is -0.294. The van der Waals surface area contributed by atoms with Crippen LogP contribution in [0, 0.1) is 0 Å². The Morgan fingerprint density at radius 3 is 2.48 bits per heavy atom. The molecule has 2 amide bonds. The molecule has 23 heavy (non-hydrogen) atoms. The van der Waals surface area contributed by atoms with Gasteiger partial charge in [-0.3, -0.25) is 0 Å². The smallest absolute Gasteiger partial charge is 0.378 e. The van der Waals surface area contributed by atoms with Crippen molar-refractivity contribution in [3.63, 3.8) is 0 Å². The molecule has 0 aromatic heterocycles. The molecule has 0 aliphatic carbocycles. The average molecular weight is 348 g/mol. The number of carbonyl (C=O) groups excluding carboxylic acids is 1. The van der Waals surface area contributed by atoms with Crippen molar-refractivity contribution in [1.29, 1.82) is 0 Å². The van der Waals surface area contributed by atoms with E-state index in [-0.39, 0.29) is 6.04 Å². The SMILES string of the molecule is O=C(N1CC(O)(C(F)(F)F)C1)N1N=CC[C@H]1c1ccc(Cl)cc1. The number of rotatable bonds is 1. The maximum absolute atomic E-state index is 12.6. The summed E-state index contributed by atoms with van der Waals surface area (Å²) in [5, 5.41) is 15.1.